The first-order valence-electron chi connectivity index (χ1n) is 6.35. The molecule has 0 aromatic carbocycles. The lowest BCUT2D eigenvalue weighted by atomic mass is 10.1. The maximum Gasteiger partial charge on any atom is 0.142 e. The Bertz CT molecular complexity index is 551. The van der Waals surface area contributed by atoms with Crippen LogP contribution in [-0.4, -0.2) is 27.0 Å². The molecule has 0 saturated heterocycles. The van der Waals surface area contributed by atoms with Crippen molar-refractivity contribution in [1.82, 2.24) is 14.8 Å². The molecule has 0 radical (unpaired) electrons. The Kier molecular flexibility index (Phi) is 4.16. The molecule has 5 nitrogen and oxygen atoms in total. The summed E-state index contributed by atoms with van der Waals surface area (Å²) in [5.41, 5.74) is 2.73. The van der Waals surface area contributed by atoms with E-state index in [1.54, 1.807) is 25.6 Å². The number of nitrogens with zero attached hydrogens (tertiary/aromatic N) is 3. The quantitative estimate of drug-likeness (QED) is 0.893. The van der Waals surface area contributed by atoms with Crippen LogP contribution in [0.4, 0.5) is 0 Å². The summed E-state index contributed by atoms with van der Waals surface area (Å²) in [5.74, 6) is 0.606. The minimum Gasteiger partial charge on any atom is -0.495 e. The van der Waals surface area contributed by atoms with Crippen molar-refractivity contribution < 1.29 is 9.84 Å². The Labute approximate surface area is 112 Å². The standard InChI is InChI=1S/C14H19N3O2/c1-4-17-11(7-10(2)16-17)8-13(18)12-5-6-15-9-14(12)19-3/h5-7,9,13,18H,4,8H2,1-3H3. The van der Waals surface area contributed by atoms with E-state index in [0.29, 0.717) is 12.2 Å². The summed E-state index contributed by atoms with van der Waals surface area (Å²) in [6, 6.07) is 3.78. The average Bonchev–Trinajstić information content (AvgIpc) is 2.78. The van der Waals surface area contributed by atoms with E-state index >= 15 is 0 Å². The zero-order valence-corrected chi connectivity index (χ0v) is 11.5. The van der Waals surface area contributed by atoms with Crippen LogP contribution in [0.5, 0.6) is 5.75 Å². The molecular weight excluding hydrogens is 242 g/mol. The molecule has 0 spiro atoms. The largest absolute Gasteiger partial charge is 0.495 e. The van der Waals surface area contributed by atoms with Gasteiger partial charge in [0, 0.05) is 30.4 Å². The number of ether oxygens (including phenoxy) is 1. The molecule has 1 N–H and O–H groups in total. The van der Waals surface area contributed by atoms with Crippen molar-refractivity contribution in [3.63, 3.8) is 0 Å². The number of aliphatic hydroxyl groups excluding tert-OH is 1. The fourth-order valence-electron chi connectivity index (χ4n) is 2.18. The van der Waals surface area contributed by atoms with Crippen molar-refractivity contribution in [3.8, 4) is 5.75 Å². The van der Waals surface area contributed by atoms with Crippen molar-refractivity contribution in [2.75, 3.05) is 7.11 Å². The Balaban J connectivity index is 2.22. The summed E-state index contributed by atoms with van der Waals surface area (Å²) in [6.45, 7) is 4.79. The second kappa shape index (κ2) is 5.84. The van der Waals surface area contributed by atoms with Crippen molar-refractivity contribution in [2.24, 2.45) is 0 Å². The summed E-state index contributed by atoms with van der Waals surface area (Å²) < 4.78 is 7.13. The zero-order chi connectivity index (χ0) is 13.8. The second-order valence-electron chi connectivity index (χ2n) is 4.43. The molecule has 1 atom stereocenters. The van der Waals surface area contributed by atoms with Gasteiger partial charge in [-0.15, -0.1) is 0 Å². The number of rotatable bonds is 5. The van der Waals surface area contributed by atoms with Crippen molar-refractivity contribution >= 4 is 0 Å². The average molecular weight is 261 g/mol. The van der Waals surface area contributed by atoms with Crippen LogP contribution < -0.4 is 4.74 Å². The predicted molar refractivity (Wildman–Crippen MR) is 72.1 cm³/mol. The molecule has 0 saturated carbocycles. The van der Waals surface area contributed by atoms with Crippen LogP contribution in [-0.2, 0) is 13.0 Å². The Morgan fingerprint density at radius 3 is 2.95 bits per heavy atom. The Hall–Kier alpha value is -1.88. The molecule has 0 aliphatic rings. The van der Waals surface area contributed by atoms with Gasteiger partial charge in [-0.05, 0) is 26.0 Å². The summed E-state index contributed by atoms with van der Waals surface area (Å²) in [5, 5.41) is 14.7. The third-order valence-corrected chi connectivity index (χ3v) is 3.08. The number of methoxy groups -OCH3 is 1. The minimum absolute atomic E-state index is 0.509. The molecule has 0 fully saturated rings. The molecule has 102 valence electrons. The van der Waals surface area contributed by atoms with E-state index in [1.807, 2.05) is 24.6 Å². The van der Waals surface area contributed by atoms with Crippen molar-refractivity contribution in [3.05, 3.63) is 41.5 Å². The predicted octanol–water partition coefficient (Wildman–Crippen LogP) is 1.89. The Morgan fingerprint density at radius 2 is 2.26 bits per heavy atom. The second-order valence-corrected chi connectivity index (χ2v) is 4.43. The van der Waals surface area contributed by atoms with Gasteiger partial charge in [0.15, 0.2) is 0 Å². The molecule has 2 heterocycles. The van der Waals surface area contributed by atoms with Crippen LogP contribution in [0, 0.1) is 6.92 Å². The van der Waals surface area contributed by atoms with Crippen molar-refractivity contribution in [1.29, 1.82) is 0 Å². The number of hydrogen-bond donors (Lipinski definition) is 1. The monoisotopic (exact) mass is 261 g/mol. The molecule has 19 heavy (non-hydrogen) atoms. The molecule has 5 heteroatoms. The molecular formula is C14H19N3O2. The van der Waals surface area contributed by atoms with E-state index in [0.717, 1.165) is 23.5 Å². The zero-order valence-electron chi connectivity index (χ0n) is 11.5. The highest BCUT2D eigenvalue weighted by Gasteiger charge is 2.16. The molecule has 0 aliphatic heterocycles. The van der Waals surface area contributed by atoms with Crippen LogP contribution in [0.25, 0.3) is 0 Å². The summed E-state index contributed by atoms with van der Waals surface area (Å²) in [4.78, 5) is 3.99. The van der Waals surface area contributed by atoms with Crippen LogP contribution in [0.2, 0.25) is 0 Å². The SMILES string of the molecule is CCn1nc(C)cc1CC(O)c1ccncc1OC. The molecule has 0 bridgehead atoms. The van der Waals surface area contributed by atoms with Crippen LogP contribution in [0.3, 0.4) is 0 Å². The van der Waals surface area contributed by atoms with Gasteiger partial charge in [-0.25, -0.2) is 0 Å². The van der Waals surface area contributed by atoms with Gasteiger partial charge in [0.1, 0.15) is 5.75 Å². The first kappa shape index (κ1) is 13.5. The lowest BCUT2D eigenvalue weighted by molar-refractivity contribution is 0.171. The van der Waals surface area contributed by atoms with Crippen molar-refractivity contribution in [2.45, 2.75) is 32.9 Å². The van der Waals surface area contributed by atoms with Gasteiger partial charge in [0.2, 0.25) is 0 Å². The van der Waals surface area contributed by atoms with Crippen LogP contribution >= 0.6 is 0 Å². The van der Waals surface area contributed by atoms with Crippen LogP contribution in [0.1, 0.15) is 30.0 Å². The van der Waals surface area contributed by atoms with E-state index in [2.05, 4.69) is 10.1 Å². The Morgan fingerprint density at radius 1 is 1.47 bits per heavy atom. The van der Waals surface area contributed by atoms with Gasteiger partial charge in [-0.3, -0.25) is 9.67 Å². The third kappa shape index (κ3) is 2.93. The van der Waals surface area contributed by atoms with Gasteiger partial charge >= 0.3 is 0 Å². The minimum atomic E-state index is -0.626. The number of aliphatic hydroxyl groups is 1. The van der Waals surface area contributed by atoms with E-state index in [-0.39, 0.29) is 0 Å². The smallest absolute Gasteiger partial charge is 0.142 e. The van der Waals surface area contributed by atoms with Gasteiger partial charge in [0.25, 0.3) is 0 Å². The highest BCUT2D eigenvalue weighted by Crippen LogP contribution is 2.26. The fourth-order valence-corrected chi connectivity index (χ4v) is 2.18. The third-order valence-electron chi connectivity index (χ3n) is 3.08. The maximum absolute atomic E-state index is 10.4. The summed E-state index contributed by atoms with van der Waals surface area (Å²) in [6.07, 6.45) is 3.15. The number of aryl methyl sites for hydroxylation is 2. The van der Waals surface area contributed by atoms with E-state index in [4.69, 9.17) is 4.74 Å². The van der Waals surface area contributed by atoms with Crippen LogP contribution in [0.15, 0.2) is 24.5 Å². The summed E-state index contributed by atoms with van der Waals surface area (Å²) >= 11 is 0. The lowest BCUT2D eigenvalue weighted by Gasteiger charge is -2.14. The summed E-state index contributed by atoms with van der Waals surface area (Å²) in [7, 11) is 1.58. The van der Waals surface area contributed by atoms with Gasteiger partial charge in [0.05, 0.1) is 25.1 Å². The molecule has 0 aliphatic carbocycles. The fraction of sp³-hybridized carbons (Fsp3) is 0.429. The topological polar surface area (TPSA) is 60.2 Å². The molecule has 2 aromatic heterocycles. The molecule has 0 amide bonds. The van der Waals surface area contributed by atoms with E-state index in [9.17, 15) is 5.11 Å². The highest BCUT2D eigenvalue weighted by atomic mass is 16.5. The number of hydrogen-bond acceptors (Lipinski definition) is 4. The number of pyridine rings is 1. The van der Waals surface area contributed by atoms with E-state index < -0.39 is 6.10 Å². The maximum atomic E-state index is 10.4. The van der Waals surface area contributed by atoms with Gasteiger partial charge in [-0.2, -0.15) is 5.10 Å². The van der Waals surface area contributed by atoms with Gasteiger partial charge < -0.3 is 9.84 Å². The lowest BCUT2D eigenvalue weighted by Crippen LogP contribution is -2.09. The van der Waals surface area contributed by atoms with Gasteiger partial charge in [-0.1, -0.05) is 0 Å². The molecule has 2 aromatic rings. The molecule has 1 unspecified atom stereocenters. The highest BCUT2D eigenvalue weighted by molar-refractivity contribution is 5.32. The normalized spacial score (nSPS) is 12.4. The molecule has 2 rings (SSSR count). The first-order valence-corrected chi connectivity index (χ1v) is 6.35. The van der Waals surface area contributed by atoms with E-state index in [1.165, 1.54) is 0 Å². The number of aromatic nitrogens is 3. The first-order chi connectivity index (χ1) is 9.15.